The van der Waals surface area contributed by atoms with Gasteiger partial charge in [0.05, 0.1) is 18.8 Å². The van der Waals surface area contributed by atoms with Crippen molar-refractivity contribution in [2.45, 2.75) is 41.5 Å². The van der Waals surface area contributed by atoms with Crippen molar-refractivity contribution in [2.75, 3.05) is 18.5 Å². The monoisotopic (exact) mass is 417 g/mol. The van der Waals surface area contributed by atoms with E-state index in [0.29, 0.717) is 11.1 Å². The zero-order valence-corrected chi connectivity index (χ0v) is 18.5. The van der Waals surface area contributed by atoms with Crippen LogP contribution in [-0.2, 0) is 9.47 Å². The second-order valence-corrected chi connectivity index (χ2v) is 8.25. The van der Waals surface area contributed by atoms with Crippen molar-refractivity contribution in [3.63, 3.8) is 0 Å². The van der Waals surface area contributed by atoms with E-state index in [-0.39, 0.29) is 40.5 Å². The number of carbonyl (C=O) groups excluding carboxylic acids is 3. The average Bonchev–Trinajstić information content (AvgIpc) is 2.98. The molecule has 7 heteroatoms. The van der Waals surface area contributed by atoms with Crippen LogP contribution in [0.3, 0.4) is 0 Å². The zero-order valence-electron chi connectivity index (χ0n) is 17.7. The maximum Gasteiger partial charge on any atom is 0.348 e. The Balaban J connectivity index is 2.39. The van der Waals surface area contributed by atoms with Gasteiger partial charge in [-0.05, 0) is 62.4 Å². The van der Waals surface area contributed by atoms with E-state index in [1.165, 1.54) is 0 Å². The van der Waals surface area contributed by atoms with E-state index in [2.05, 4.69) is 5.32 Å². The van der Waals surface area contributed by atoms with Crippen molar-refractivity contribution in [3.8, 4) is 0 Å². The minimum atomic E-state index is -0.584. The first-order valence-electron chi connectivity index (χ1n) is 9.51. The average molecular weight is 418 g/mol. The first-order valence-corrected chi connectivity index (χ1v) is 10.3. The number of aryl methyl sites for hydroxylation is 2. The Morgan fingerprint density at radius 2 is 1.72 bits per heavy atom. The third kappa shape index (κ3) is 5.44. The van der Waals surface area contributed by atoms with Crippen LogP contribution in [-0.4, -0.2) is 31.1 Å². The van der Waals surface area contributed by atoms with Crippen LogP contribution in [0, 0.1) is 26.7 Å². The number of amides is 1. The molecule has 156 valence electrons. The smallest absolute Gasteiger partial charge is 0.348 e. The maximum absolute atomic E-state index is 12.7. The molecule has 1 heterocycles. The van der Waals surface area contributed by atoms with Crippen LogP contribution >= 0.6 is 11.3 Å². The van der Waals surface area contributed by atoms with Gasteiger partial charge in [-0.15, -0.1) is 11.3 Å². The van der Waals surface area contributed by atoms with Crippen LogP contribution in [0.1, 0.15) is 67.8 Å². The number of carbonyl (C=O) groups is 3. The van der Waals surface area contributed by atoms with Gasteiger partial charge < -0.3 is 14.8 Å². The molecule has 0 spiro atoms. The summed E-state index contributed by atoms with van der Waals surface area (Å²) in [4.78, 5) is 38.0. The van der Waals surface area contributed by atoms with Gasteiger partial charge in [0.2, 0.25) is 0 Å². The molecule has 1 amide bonds. The molecule has 0 aliphatic carbocycles. The van der Waals surface area contributed by atoms with Gasteiger partial charge in [0.25, 0.3) is 5.91 Å². The Kier molecular flexibility index (Phi) is 7.56. The topological polar surface area (TPSA) is 81.7 Å². The molecule has 0 bridgehead atoms. The summed E-state index contributed by atoms with van der Waals surface area (Å²) in [6.45, 7) is 11.6. The highest BCUT2D eigenvalue weighted by Crippen LogP contribution is 2.34. The molecule has 2 aromatic rings. The third-order valence-corrected chi connectivity index (χ3v) is 5.54. The fraction of sp³-hybridized carbons (Fsp3) is 0.409. The molecular formula is C22H27NO5S. The van der Waals surface area contributed by atoms with Crippen molar-refractivity contribution in [1.82, 2.24) is 0 Å². The highest BCUT2D eigenvalue weighted by Gasteiger charge is 2.27. The van der Waals surface area contributed by atoms with Gasteiger partial charge in [-0.2, -0.15) is 0 Å². The lowest BCUT2D eigenvalue weighted by molar-refractivity contribution is 0.0464. The van der Waals surface area contributed by atoms with Gasteiger partial charge in [0.15, 0.2) is 0 Å². The number of hydrogen-bond acceptors (Lipinski definition) is 6. The number of rotatable bonds is 7. The SMILES string of the molecule is CCOC(=O)c1c(NC(=O)c2ccc(C)c(C)c2)sc(C(=O)OCC(C)C)c1C. The van der Waals surface area contributed by atoms with Gasteiger partial charge >= 0.3 is 11.9 Å². The molecule has 0 aliphatic heterocycles. The lowest BCUT2D eigenvalue weighted by Crippen LogP contribution is -2.15. The fourth-order valence-corrected chi connectivity index (χ4v) is 3.69. The summed E-state index contributed by atoms with van der Waals surface area (Å²) in [5, 5.41) is 3.04. The molecule has 0 saturated heterocycles. The van der Waals surface area contributed by atoms with Crippen LogP contribution in [0.2, 0.25) is 0 Å². The molecule has 29 heavy (non-hydrogen) atoms. The summed E-state index contributed by atoms with van der Waals surface area (Å²) in [5.41, 5.74) is 3.17. The van der Waals surface area contributed by atoms with Crippen LogP contribution in [0.15, 0.2) is 18.2 Å². The molecule has 0 fully saturated rings. The number of ether oxygens (including phenoxy) is 2. The molecular weight excluding hydrogens is 390 g/mol. The Hall–Kier alpha value is -2.67. The number of hydrogen-bond donors (Lipinski definition) is 1. The summed E-state index contributed by atoms with van der Waals surface area (Å²) in [6, 6.07) is 5.37. The molecule has 2 rings (SSSR count). The van der Waals surface area contributed by atoms with Gasteiger partial charge in [-0.25, -0.2) is 9.59 Å². The molecule has 0 atom stereocenters. The predicted octanol–water partition coefficient (Wildman–Crippen LogP) is 4.92. The quantitative estimate of drug-likeness (QED) is 0.647. The molecule has 0 saturated carbocycles. The molecule has 0 aliphatic rings. The van der Waals surface area contributed by atoms with Crippen LogP contribution in [0.25, 0.3) is 0 Å². The predicted molar refractivity (Wildman–Crippen MR) is 114 cm³/mol. The number of anilines is 1. The van der Waals surface area contributed by atoms with E-state index in [1.807, 2.05) is 33.8 Å². The van der Waals surface area contributed by atoms with E-state index in [9.17, 15) is 14.4 Å². The first-order chi connectivity index (χ1) is 13.6. The molecule has 1 aromatic carbocycles. The Labute approximate surface area is 175 Å². The summed E-state index contributed by atoms with van der Waals surface area (Å²) < 4.78 is 10.4. The van der Waals surface area contributed by atoms with E-state index < -0.39 is 11.9 Å². The summed E-state index contributed by atoms with van der Waals surface area (Å²) in [6.07, 6.45) is 0. The summed E-state index contributed by atoms with van der Waals surface area (Å²) >= 11 is 1.02. The van der Waals surface area contributed by atoms with Crippen LogP contribution in [0.4, 0.5) is 5.00 Å². The lowest BCUT2D eigenvalue weighted by atomic mass is 10.1. The van der Waals surface area contributed by atoms with E-state index in [1.54, 1.807) is 26.0 Å². The molecule has 1 N–H and O–H groups in total. The van der Waals surface area contributed by atoms with Gasteiger partial charge in [-0.1, -0.05) is 19.9 Å². The Morgan fingerprint density at radius 1 is 1.03 bits per heavy atom. The van der Waals surface area contributed by atoms with Crippen molar-refractivity contribution >= 4 is 34.2 Å². The molecule has 0 unspecified atom stereocenters. The number of nitrogens with one attached hydrogen (secondary N) is 1. The summed E-state index contributed by atoms with van der Waals surface area (Å²) in [7, 11) is 0. The molecule has 1 aromatic heterocycles. The Bertz CT molecular complexity index is 930. The van der Waals surface area contributed by atoms with Gasteiger partial charge in [0, 0.05) is 5.56 Å². The minimum Gasteiger partial charge on any atom is -0.462 e. The first kappa shape index (κ1) is 22.6. The van der Waals surface area contributed by atoms with Crippen molar-refractivity contribution in [1.29, 1.82) is 0 Å². The van der Waals surface area contributed by atoms with E-state index in [4.69, 9.17) is 9.47 Å². The van der Waals surface area contributed by atoms with E-state index in [0.717, 1.165) is 22.5 Å². The molecule has 0 radical (unpaired) electrons. The summed E-state index contributed by atoms with van der Waals surface area (Å²) in [5.74, 6) is -1.27. The maximum atomic E-state index is 12.7. The zero-order chi connectivity index (χ0) is 21.7. The van der Waals surface area contributed by atoms with E-state index >= 15 is 0 Å². The second kappa shape index (κ2) is 9.69. The van der Waals surface area contributed by atoms with Crippen LogP contribution in [0.5, 0.6) is 0 Å². The third-order valence-electron chi connectivity index (χ3n) is 4.36. The van der Waals surface area contributed by atoms with Gasteiger partial charge in [-0.3, -0.25) is 4.79 Å². The van der Waals surface area contributed by atoms with Crippen molar-refractivity contribution in [2.24, 2.45) is 5.92 Å². The van der Waals surface area contributed by atoms with Crippen molar-refractivity contribution in [3.05, 3.63) is 50.9 Å². The highest BCUT2D eigenvalue weighted by molar-refractivity contribution is 7.18. The fourth-order valence-electron chi connectivity index (χ4n) is 2.61. The van der Waals surface area contributed by atoms with Gasteiger partial charge in [0.1, 0.15) is 9.88 Å². The van der Waals surface area contributed by atoms with Crippen molar-refractivity contribution < 1.29 is 23.9 Å². The normalized spacial score (nSPS) is 10.7. The second-order valence-electron chi connectivity index (χ2n) is 7.23. The minimum absolute atomic E-state index is 0.186. The highest BCUT2D eigenvalue weighted by atomic mass is 32.1. The largest absolute Gasteiger partial charge is 0.462 e. The lowest BCUT2D eigenvalue weighted by Gasteiger charge is -2.08. The molecule has 6 nitrogen and oxygen atoms in total. The number of thiophene rings is 1. The Morgan fingerprint density at radius 3 is 2.31 bits per heavy atom. The van der Waals surface area contributed by atoms with Crippen LogP contribution < -0.4 is 5.32 Å². The number of esters is 2. The number of benzene rings is 1. The standard InChI is InChI=1S/C22H27NO5S/c1-7-27-21(25)17-15(6)18(22(26)28-11-12(2)3)29-20(17)23-19(24)16-9-8-13(4)14(5)10-16/h8-10,12H,7,11H2,1-6H3,(H,23,24).